The predicted molar refractivity (Wildman–Crippen MR) is 69.6 cm³/mol. The van der Waals surface area contributed by atoms with Gasteiger partial charge >= 0.3 is 0 Å². The van der Waals surface area contributed by atoms with Crippen molar-refractivity contribution in [1.29, 1.82) is 0 Å². The number of aromatic nitrogens is 2. The van der Waals surface area contributed by atoms with Crippen LogP contribution >= 0.6 is 11.6 Å². The van der Waals surface area contributed by atoms with E-state index in [2.05, 4.69) is 24.3 Å². The zero-order valence-electron chi connectivity index (χ0n) is 10.5. The van der Waals surface area contributed by atoms with E-state index in [4.69, 9.17) is 11.6 Å². The van der Waals surface area contributed by atoms with Gasteiger partial charge in [-0.2, -0.15) is 5.10 Å². The van der Waals surface area contributed by atoms with Crippen molar-refractivity contribution in [3.8, 4) is 0 Å². The SMILES string of the molecule is CCn1ncc(NC(C)(C)C2CC2)c(Cl)c1=O. The molecule has 1 aliphatic carbocycles. The fraction of sp³-hybridized carbons (Fsp3) is 0.667. The lowest BCUT2D eigenvalue weighted by Gasteiger charge is -2.27. The number of nitrogens with one attached hydrogen (secondary N) is 1. The maximum atomic E-state index is 11.8. The molecular formula is C12H18ClN3O. The van der Waals surface area contributed by atoms with Crippen molar-refractivity contribution in [2.45, 2.75) is 45.7 Å². The molecule has 1 N–H and O–H groups in total. The van der Waals surface area contributed by atoms with Crippen LogP contribution in [0.25, 0.3) is 0 Å². The summed E-state index contributed by atoms with van der Waals surface area (Å²) in [6, 6.07) is 0. The Balaban J connectivity index is 2.28. The first-order valence-corrected chi connectivity index (χ1v) is 6.37. The third-order valence-corrected chi connectivity index (χ3v) is 3.70. The second kappa shape index (κ2) is 4.33. The van der Waals surface area contributed by atoms with Gasteiger partial charge in [0.15, 0.2) is 0 Å². The first-order valence-electron chi connectivity index (χ1n) is 5.99. The summed E-state index contributed by atoms with van der Waals surface area (Å²) >= 11 is 6.07. The summed E-state index contributed by atoms with van der Waals surface area (Å²) in [5.74, 6) is 0.659. The monoisotopic (exact) mass is 255 g/mol. The molecule has 1 fully saturated rings. The minimum Gasteiger partial charge on any atom is -0.377 e. The third kappa shape index (κ3) is 2.46. The molecule has 0 unspecified atom stereocenters. The Morgan fingerprint density at radius 3 is 2.76 bits per heavy atom. The Labute approximate surface area is 106 Å². The van der Waals surface area contributed by atoms with Crippen LogP contribution in [0.4, 0.5) is 5.69 Å². The van der Waals surface area contributed by atoms with Gasteiger partial charge in [0.05, 0.1) is 11.9 Å². The molecule has 1 saturated carbocycles. The number of halogens is 1. The lowest BCUT2D eigenvalue weighted by molar-refractivity contribution is 0.493. The Morgan fingerprint density at radius 1 is 1.59 bits per heavy atom. The fourth-order valence-corrected chi connectivity index (χ4v) is 2.23. The first kappa shape index (κ1) is 12.4. The molecule has 0 bridgehead atoms. The second-order valence-electron chi connectivity index (χ2n) is 5.11. The van der Waals surface area contributed by atoms with Gasteiger partial charge in [0.25, 0.3) is 5.56 Å². The quantitative estimate of drug-likeness (QED) is 0.899. The summed E-state index contributed by atoms with van der Waals surface area (Å²) in [4.78, 5) is 11.8. The topological polar surface area (TPSA) is 46.9 Å². The van der Waals surface area contributed by atoms with Gasteiger partial charge in [-0.25, -0.2) is 4.68 Å². The molecule has 0 amide bonds. The van der Waals surface area contributed by atoms with Gasteiger partial charge in [0.2, 0.25) is 0 Å². The largest absolute Gasteiger partial charge is 0.377 e. The molecule has 1 aromatic heterocycles. The number of aryl methyl sites for hydroxylation is 1. The molecule has 17 heavy (non-hydrogen) atoms. The van der Waals surface area contributed by atoms with E-state index in [0.717, 1.165) is 0 Å². The number of hydrogen-bond donors (Lipinski definition) is 1. The van der Waals surface area contributed by atoms with E-state index in [1.165, 1.54) is 17.5 Å². The van der Waals surface area contributed by atoms with E-state index in [1.807, 2.05) is 6.92 Å². The van der Waals surface area contributed by atoms with Crippen molar-refractivity contribution >= 4 is 17.3 Å². The number of nitrogens with zero attached hydrogens (tertiary/aromatic N) is 2. The molecule has 0 aliphatic heterocycles. The second-order valence-corrected chi connectivity index (χ2v) is 5.49. The van der Waals surface area contributed by atoms with E-state index in [1.54, 1.807) is 6.20 Å². The molecule has 5 heteroatoms. The highest BCUT2D eigenvalue weighted by Gasteiger charge is 2.38. The zero-order chi connectivity index (χ0) is 12.6. The average molecular weight is 256 g/mol. The number of hydrogen-bond acceptors (Lipinski definition) is 3. The smallest absolute Gasteiger partial charge is 0.287 e. The summed E-state index contributed by atoms with van der Waals surface area (Å²) in [7, 11) is 0. The molecule has 1 aliphatic rings. The summed E-state index contributed by atoms with van der Waals surface area (Å²) < 4.78 is 1.36. The zero-order valence-corrected chi connectivity index (χ0v) is 11.2. The van der Waals surface area contributed by atoms with Crippen LogP contribution in [0.5, 0.6) is 0 Å². The van der Waals surface area contributed by atoms with Crippen molar-refractivity contribution < 1.29 is 0 Å². The molecule has 1 heterocycles. The van der Waals surface area contributed by atoms with Crippen molar-refractivity contribution in [2.24, 2.45) is 5.92 Å². The van der Waals surface area contributed by atoms with Gasteiger partial charge in [-0.15, -0.1) is 0 Å². The standard InChI is InChI=1S/C12H18ClN3O/c1-4-16-11(17)10(13)9(7-14-16)15-12(2,3)8-5-6-8/h7-8,15H,4-6H2,1-3H3. The fourth-order valence-electron chi connectivity index (χ4n) is 2.03. The molecule has 0 saturated heterocycles. The Bertz CT molecular complexity index is 477. The summed E-state index contributed by atoms with van der Waals surface area (Å²) in [6.07, 6.45) is 4.10. The number of anilines is 1. The van der Waals surface area contributed by atoms with Crippen LogP contribution in [0.1, 0.15) is 33.6 Å². The average Bonchev–Trinajstić information content (AvgIpc) is 3.09. The van der Waals surface area contributed by atoms with E-state index in [0.29, 0.717) is 18.2 Å². The van der Waals surface area contributed by atoms with Crippen molar-refractivity contribution in [3.05, 3.63) is 21.6 Å². The first-order chi connectivity index (χ1) is 7.95. The van der Waals surface area contributed by atoms with Crippen molar-refractivity contribution in [2.75, 3.05) is 5.32 Å². The van der Waals surface area contributed by atoms with Gasteiger partial charge in [0.1, 0.15) is 5.02 Å². The Morgan fingerprint density at radius 2 is 2.24 bits per heavy atom. The minimum absolute atomic E-state index is 0.0316. The lowest BCUT2D eigenvalue weighted by atomic mass is 9.98. The van der Waals surface area contributed by atoms with E-state index in [-0.39, 0.29) is 16.1 Å². The van der Waals surface area contributed by atoms with Crippen LogP contribution in [0.3, 0.4) is 0 Å². The molecule has 0 radical (unpaired) electrons. The van der Waals surface area contributed by atoms with Gasteiger partial charge in [-0.1, -0.05) is 11.6 Å². The van der Waals surface area contributed by atoms with E-state index >= 15 is 0 Å². The molecule has 94 valence electrons. The van der Waals surface area contributed by atoms with Crippen LogP contribution in [-0.2, 0) is 6.54 Å². The highest BCUT2D eigenvalue weighted by atomic mass is 35.5. The Hall–Kier alpha value is -1.03. The van der Waals surface area contributed by atoms with Crippen molar-refractivity contribution in [1.82, 2.24) is 9.78 Å². The van der Waals surface area contributed by atoms with Gasteiger partial charge in [-0.3, -0.25) is 4.79 Å². The van der Waals surface area contributed by atoms with E-state index in [9.17, 15) is 4.79 Å². The van der Waals surface area contributed by atoms with Crippen LogP contribution in [0.15, 0.2) is 11.0 Å². The van der Waals surface area contributed by atoms with Gasteiger partial charge in [0, 0.05) is 12.1 Å². The molecule has 4 nitrogen and oxygen atoms in total. The van der Waals surface area contributed by atoms with Crippen LogP contribution in [0, 0.1) is 5.92 Å². The van der Waals surface area contributed by atoms with Crippen molar-refractivity contribution in [3.63, 3.8) is 0 Å². The molecule has 2 rings (SSSR count). The highest BCUT2D eigenvalue weighted by Crippen LogP contribution is 2.41. The molecule has 0 atom stereocenters. The van der Waals surface area contributed by atoms with Gasteiger partial charge < -0.3 is 5.32 Å². The summed E-state index contributed by atoms with van der Waals surface area (Å²) in [5.41, 5.74) is 0.375. The van der Waals surface area contributed by atoms with Crippen LogP contribution in [-0.4, -0.2) is 15.3 Å². The van der Waals surface area contributed by atoms with Crippen LogP contribution < -0.4 is 10.9 Å². The van der Waals surface area contributed by atoms with E-state index < -0.39 is 0 Å². The Kier molecular flexibility index (Phi) is 3.17. The molecule has 0 aromatic carbocycles. The maximum absolute atomic E-state index is 11.8. The highest BCUT2D eigenvalue weighted by molar-refractivity contribution is 6.32. The van der Waals surface area contributed by atoms with Crippen LogP contribution in [0.2, 0.25) is 5.02 Å². The van der Waals surface area contributed by atoms with Gasteiger partial charge in [-0.05, 0) is 39.5 Å². The summed E-state index contributed by atoms with van der Waals surface area (Å²) in [6.45, 7) is 6.66. The maximum Gasteiger partial charge on any atom is 0.287 e. The third-order valence-electron chi connectivity index (χ3n) is 3.34. The minimum atomic E-state index is -0.231. The molecule has 1 aromatic rings. The number of rotatable bonds is 4. The molecular weight excluding hydrogens is 238 g/mol. The lowest BCUT2D eigenvalue weighted by Crippen LogP contribution is -2.35. The summed E-state index contributed by atoms with van der Waals surface area (Å²) in [5, 5.41) is 7.64. The predicted octanol–water partition coefficient (Wildman–Crippen LogP) is 2.52. The molecule has 0 spiro atoms. The normalized spacial score (nSPS) is 16.0.